The summed E-state index contributed by atoms with van der Waals surface area (Å²) in [5, 5.41) is -1.40. The van der Waals surface area contributed by atoms with Crippen LogP contribution in [0.2, 0.25) is 0 Å². The Morgan fingerprint density at radius 3 is 2.25 bits per heavy atom. The summed E-state index contributed by atoms with van der Waals surface area (Å²) >= 11 is 16.6. The lowest BCUT2D eigenvalue weighted by Gasteiger charge is -2.23. The van der Waals surface area contributed by atoms with Gasteiger partial charge in [0.25, 0.3) is 0 Å². The molecule has 1 atom stereocenters. The number of alkyl halides is 3. The van der Waals surface area contributed by atoms with Gasteiger partial charge >= 0.3 is 5.97 Å². The van der Waals surface area contributed by atoms with E-state index in [-0.39, 0.29) is 5.57 Å². The molecule has 70 valence electrons. The summed E-state index contributed by atoms with van der Waals surface area (Å²) in [5.74, 6) is -0.612. The van der Waals surface area contributed by atoms with Crippen molar-refractivity contribution in [2.24, 2.45) is 0 Å². The average Bonchev–Trinajstić information content (AvgIpc) is 1.85. The van der Waals surface area contributed by atoms with E-state index < -0.39 is 15.9 Å². The maximum atomic E-state index is 10.9. The van der Waals surface area contributed by atoms with Crippen LogP contribution in [0, 0.1) is 0 Å². The fraction of sp³-hybridized carbons (Fsp3) is 0.571. The van der Waals surface area contributed by atoms with Crippen molar-refractivity contribution in [1.82, 2.24) is 0 Å². The van der Waals surface area contributed by atoms with Gasteiger partial charge in [-0.1, -0.05) is 41.4 Å². The molecule has 0 aromatic heterocycles. The fourth-order valence-corrected chi connectivity index (χ4v) is 0.472. The Balaban J connectivity index is 4.25. The lowest BCUT2D eigenvalue weighted by atomic mass is 10.3. The van der Waals surface area contributed by atoms with Crippen molar-refractivity contribution in [3.8, 4) is 0 Å². The maximum absolute atomic E-state index is 10.9. The molecule has 0 fully saturated rings. The zero-order valence-corrected chi connectivity index (χ0v) is 9.00. The lowest BCUT2D eigenvalue weighted by Crippen LogP contribution is -2.32. The molecule has 0 heterocycles. The molecule has 0 aromatic carbocycles. The molecule has 0 aromatic rings. The molecule has 0 bridgehead atoms. The van der Waals surface area contributed by atoms with Crippen molar-refractivity contribution in [2.45, 2.75) is 23.7 Å². The molecule has 0 aliphatic rings. The number of hydrogen-bond donors (Lipinski definition) is 0. The number of esters is 1. The van der Waals surface area contributed by atoms with Gasteiger partial charge in [0.2, 0.25) is 5.06 Å². The van der Waals surface area contributed by atoms with Crippen LogP contribution in [0.25, 0.3) is 0 Å². The molecule has 2 nitrogen and oxygen atoms in total. The van der Waals surface area contributed by atoms with Crippen molar-refractivity contribution >= 4 is 40.8 Å². The Kier molecular flexibility index (Phi) is 4.38. The summed E-state index contributed by atoms with van der Waals surface area (Å²) in [7, 11) is 0. The quantitative estimate of drug-likeness (QED) is 0.424. The van der Waals surface area contributed by atoms with Crippen LogP contribution in [0.3, 0.4) is 0 Å². The molecule has 12 heavy (non-hydrogen) atoms. The van der Waals surface area contributed by atoms with Crippen molar-refractivity contribution in [1.29, 1.82) is 0 Å². The molecular formula is C7H9Cl3O2. The fourth-order valence-electron chi connectivity index (χ4n) is 0.313. The van der Waals surface area contributed by atoms with Gasteiger partial charge in [-0.15, -0.1) is 0 Å². The van der Waals surface area contributed by atoms with Gasteiger partial charge in [0, 0.05) is 5.57 Å². The van der Waals surface area contributed by atoms with E-state index >= 15 is 0 Å². The number of hydrogen-bond acceptors (Lipinski definition) is 2. The van der Waals surface area contributed by atoms with Gasteiger partial charge in [-0.25, -0.2) is 4.79 Å². The highest BCUT2D eigenvalue weighted by atomic mass is 35.5. The van der Waals surface area contributed by atoms with Gasteiger partial charge in [-0.3, -0.25) is 0 Å². The first kappa shape index (κ1) is 12.1. The minimum Gasteiger partial charge on any atom is -0.437 e. The highest BCUT2D eigenvalue weighted by Crippen LogP contribution is 2.29. The first-order chi connectivity index (χ1) is 5.27. The predicted octanol–water partition coefficient (Wildman–Crippen LogP) is 2.86. The molecule has 0 N–H and O–H groups in total. The Morgan fingerprint density at radius 1 is 1.58 bits per heavy atom. The van der Waals surface area contributed by atoms with Crippen LogP contribution in [-0.4, -0.2) is 15.9 Å². The Morgan fingerprint density at radius 2 is 2.00 bits per heavy atom. The van der Waals surface area contributed by atoms with Crippen LogP contribution >= 0.6 is 34.8 Å². The topological polar surface area (TPSA) is 26.3 Å². The molecule has 0 saturated carbocycles. The van der Waals surface area contributed by atoms with E-state index in [0.29, 0.717) is 0 Å². The summed E-state index contributed by atoms with van der Waals surface area (Å²) in [6.07, 6.45) is 0. The number of ether oxygens (including phenoxy) is 1. The van der Waals surface area contributed by atoms with E-state index in [2.05, 4.69) is 6.58 Å². The summed E-state index contributed by atoms with van der Waals surface area (Å²) in [4.78, 5) is 9.96. The van der Waals surface area contributed by atoms with Crippen LogP contribution < -0.4 is 0 Å². The van der Waals surface area contributed by atoms with E-state index in [0.717, 1.165) is 0 Å². The normalized spacial score (nSPS) is 15.5. The third-order valence-electron chi connectivity index (χ3n) is 1.03. The molecule has 0 spiro atoms. The average molecular weight is 232 g/mol. The van der Waals surface area contributed by atoms with E-state index in [1.54, 1.807) is 0 Å². The largest absolute Gasteiger partial charge is 0.437 e. The Hall–Kier alpha value is 0.0800. The van der Waals surface area contributed by atoms with Gasteiger partial charge in [-0.2, -0.15) is 0 Å². The molecule has 0 aliphatic heterocycles. The molecule has 0 rings (SSSR count). The van der Waals surface area contributed by atoms with Crippen molar-refractivity contribution in [2.75, 3.05) is 0 Å². The van der Waals surface area contributed by atoms with E-state index in [4.69, 9.17) is 39.5 Å². The van der Waals surface area contributed by atoms with Gasteiger partial charge in [0.1, 0.15) is 0 Å². The molecule has 1 unspecified atom stereocenters. The van der Waals surface area contributed by atoms with E-state index in [1.807, 2.05) is 0 Å². The second-order valence-corrected chi connectivity index (χ2v) is 4.30. The number of carbonyl (C=O) groups excluding carboxylic acids is 1. The predicted molar refractivity (Wildman–Crippen MR) is 50.7 cm³/mol. The zero-order chi connectivity index (χ0) is 9.94. The van der Waals surface area contributed by atoms with E-state index in [1.165, 1.54) is 13.8 Å². The Bertz CT molecular complexity index is 199. The van der Waals surface area contributed by atoms with Crippen LogP contribution in [0.1, 0.15) is 13.8 Å². The lowest BCUT2D eigenvalue weighted by molar-refractivity contribution is -0.145. The van der Waals surface area contributed by atoms with Gasteiger partial charge in [-0.05, 0) is 13.8 Å². The molecule has 5 heteroatoms. The molecule has 0 aliphatic carbocycles. The first-order valence-electron chi connectivity index (χ1n) is 3.13. The first-order valence-corrected chi connectivity index (χ1v) is 4.38. The molecule has 0 amide bonds. The van der Waals surface area contributed by atoms with Crippen LogP contribution in [0.5, 0.6) is 0 Å². The highest BCUT2D eigenvalue weighted by Gasteiger charge is 2.33. The van der Waals surface area contributed by atoms with Crippen molar-refractivity contribution in [3.63, 3.8) is 0 Å². The standard InChI is InChI=1S/C7H9Cl3O2/c1-4(2)5(11)12-7(3,10)6(8)9/h6H,1H2,2-3H3. The van der Waals surface area contributed by atoms with Crippen LogP contribution in [0.4, 0.5) is 0 Å². The third kappa shape index (κ3) is 3.65. The molecule has 0 saturated heterocycles. The maximum Gasteiger partial charge on any atom is 0.334 e. The Labute approximate surface area is 86.4 Å². The summed E-state index contributed by atoms with van der Waals surface area (Å²) in [6.45, 7) is 6.29. The number of carbonyl (C=O) groups is 1. The van der Waals surface area contributed by atoms with Gasteiger partial charge in [0.15, 0.2) is 4.84 Å². The summed E-state index contributed by atoms with van der Waals surface area (Å²) in [6, 6.07) is 0. The monoisotopic (exact) mass is 230 g/mol. The second kappa shape index (κ2) is 4.35. The molecule has 0 radical (unpaired) electrons. The highest BCUT2D eigenvalue weighted by molar-refractivity contribution is 6.49. The smallest absolute Gasteiger partial charge is 0.334 e. The number of rotatable bonds is 3. The minimum absolute atomic E-state index is 0.246. The van der Waals surface area contributed by atoms with Crippen molar-refractivity contribution in [3.05, 3.63) is 12.2 Å². The minimum atomic E-state index is -1.40. The van der Waals surface area contributed by atoms with Crippen LogP contribution in [0.15, 0.2) is 12.2 Å². The zero-order valence-electron chi connectivity index (χ0n) is 6.73. The van der Waals surface area contributed by atoms with Gasteiger partial charge in [0.05, 0.1) is 0 Å². The van der Waals surface area contributed by atoms with E-state index in [9.17, 15) is 4.79 Å². The summed E-state index contributed by atoms with van der Waals surface area (Å²) in [5.41, 5.74) is 0.246. The number of halogens is 3. The second-order valence-electron chi connectivity index (χ2n) is 2.46. The van der Waals surface area contributed by atoms with Crippen molar-refractivity contribution < 1.29 is 9.53 Å². The molecular weight excluding hydrogens is 222 g/mol. The van der Waals surface area contributed by atoms with Crippen LogP contribution in [-0.2, 0) is 9.53 Å². The third-order valence-corrected chi connectivity index (χ3v) is 2.38. The van der Waals surface area contributed by atoms with Gasteiger partial charge < -0.3 is 4.74 Å². The SMILES string of the molecule is C=C(C)C(=O)OC(C)(Cl)C(Cl)Cl. The summed E-state index contributed by atoms with van der Waals surface area (Å²) < 4.78 is 4.72.